The van der Waals surface area contributed by atoms with Crippen LogP contribution < -0.4 is 10.6 Å². The first-order valence-electron chi connectivity index (χ1n) is 8.12. The monoisotopic (exact) mass is 372 g/mol. The maximum atomic E-state index is 12.3. The van der Waals surface area contributed by atoms with Crippen molar-refractivity contribution in [3.8, 4) is 0 Å². The summed E-state index contributed by atoms with van der Waals surface area (Å²) in [6.45, 7) is 4.52. The standard InChI is InChI=1S/C19H20N2O2S2/c1-12-3-6-15(7-4-12)24-10-9-20-19(23)14-5-8-17-16(11-14)21-18(22)13(2)25-17/h3-8,11,13H,9-10H2,1-2H3,(H,20,23)(H,21,22)/t13-/m0/s1. The molecule has 0 radical (unpaired) electrons. The van der Waals surface area contributed by atoms with Crippen molar-refractivity contribution in [1.29, 1.82) is 0 Å². The second kappa shape index (κ2) is 7.97. The maximum Gasteiger partial charge on any atom is 0.251 e. The molecular weight excluding hydrogens is 352 g/mol. The van der Waals surface area contributed by atoms with Gasteiger partial charge in [0.05, 0.1) is 10.9 Å². The fraction of sp³-hybridized carbons (Fsp3) is 0.263. The molecule has 0 unspecified atom stereocenters. The number of aryl methyl sites for hydroxylation is 1. The van der Waals surface area contributed by atoms with Crippen LogP contribution >= 0.6 is 23.5 Å². The second-order valence-electron chi connectivity index (χ2n) is 5.88. The van der Waals surface area contributed by atoms with Gasteiger partial charge in [-0.25, -0.2) is 0 Å². The average molecular weight is 373 g/mol. The summed E-state index contributed by atoms with van der Waals surface area (Å²) in [7, 11) is 0. The zero-order valence-electron chi connectivity index (χ0n) is 14.2. The van der Waals surface area contributed by atoms with Gasteiger partial charge in [-0.1, -0.05) is 17.7 Å². The summed E-state index contributed by atoms with van der Waals surface area (Å²) in [5, 5.41) is 5.68. The van der Waals surface area contributed by atoms with Crippen LogP contribution in [0.1, 0.15) is 22.8 Å². The van der Waals surface area contributed by atoms with Crippen LogP contribution in [-0.2, 0) is 4.79 Å². The van der Waals surface area contributed by atoms with Crippen LogP contribution in [0, 0.1) is 6.92 Å². The van der Waals surface area contributed by atoms with E-state index in [-0.39, 0.29) is 17.1 Å². The Kier molecular flexibility index (Phi) is 5.71. The molecule has 2 aromatic rings. The van der Waals surface area contributed by atoms with Crippen molar-refractivity contribution in [2.45, 2.75) is 28.9 Å². The SMILES string of the molecule is Cc1ccc(SCCNC(=O)c2ccc3c(c2)NC(=O)[C@H](C)S3)cc1. The average Bonchev–Trinajstić information content (AvgIpc) is 2.60. The first-order valence-corrected chi connectivity index (χ1v) is 9.99. The normalized spacial score (nSPS) is 16.1. The van der Waals surface area contributed by atoms with Crippen LogP contribution in [0.3, 0.4) is 0 Å². The lowest BCUT2D eigenvalue weighted by atomic mass is 10.1. The second-order valence-corrected chi connectivity index (χ2v) is 8.43. The third-order valence-corrected chi connectivity index (χ3v) is 6.04. The molecule has 0 spiro atoms. The Bertz CT molecular complexity index is 791. The lowest BCUT2D eigenvalue weighted by Gasteiger charge is -2.21. The number of amides is 2. The van der Waals surface area contributed by atoms with Gasteiger partial charge in [0.2, 0.25) is 5.91 Å². The highest BCUT2D eigenvalue weighted by Gasteiger charge is 2.23. The van der Waals surface area contributed by atoms with Crippen LogP contribution in [0.25, 0.3) is 0 Å². The fourth-order valence-corrected chi connectivity index (χ4v) is 4.12. The Balaban J connectivity index is 1.52. The van der Waals surface area contributed by atoms with Crippen LogP contribution in [0.4, 0.5) is 5.69 Å². The summed E-state index contributed by atoms with van der Waals surface area (Å²) in [4.78, 5) is 26.3. The third-order valence-electron chi connectivity index (χ3n) is 3.85. The fourth-order valence-electron chi connectivity index (χ4n) is 2.42. The molecule has 2 amide bonds. The quantitative estimate of drug-likeness (QED) is 0.616. The van der Waals surface area contributed by atoms with E-state index in [9.17, 15) is 9.59 Å². The number of rotatable bonds is 5. The minimum absolute atomic E-state index is 0.0236. The molecule has 3 rings (SSSR count). The Morgan fingerprint density at radius 3 is 2.76 bits per heavy atom. The lowest BCUT2D eigenvalue weighted by Crippen LogP contribution is -2.28. The highest BCUT2D eigenvalue weighted by molar-refractivity contribution is 8.01. The molecule has 0 fully saturated rings. The van der Waals surface area contributed by atoms with Gasteiger partial charge in [0.1, 0.15) is 0 Å². The number of carbonyl (C=O) groups is 2. The Labute approximate surface area is 156 Å². The van der Waals surface area contributed by atoms with E-state index in [2.05, 4.69) is 41.8 Å². The Morgan fingerprint density at radius 2 is 2.00 bits per heavy atom. The van der Waals surface area contributed by atoms with E-state index >= 15 is 0 Å². The summed E-state index contributed by atoms with van der Waals surface area (Å²) < 4.78 is 0. The smallest absolute Gasteiger partial charge is 0.251 e. The van der Waals surface area contributed by atoms with Crippen molar-refractivity contribution in [2.75, 3.05) is 17.6 Å². The van der Waals surface area contributed by atoms with E-state index in [0.717, 1.165) is 16.3 Å². The van der Waals surface area contributed by atoms with Crippen LogP contribution in [-0.4, -0.2) is 29.4 Å². The third kappa shape index (κ3) is 4.58. The largest absolute Gasteiger partial charge is 0.351 e. The number of carbonyl (C=O) groups excluding carboxylic acids is 2. The van der Waals surface area contributed by atoms with Crippen LogP contribution in [0.2, 0.25) is 0 Å². The van der Waals surface area contributed by atoms with Gasteiger partial charge in [-0.2, -0.15) is 0 Å². The van der Waals surface area contributed by atoms with Crippen molar-refractivity contribution in [2.24, 2.45) is 0 Å². The molecule has 6 heteroatoms. The van der Waals surface area contributed by atoms with Crippen LogP contribution in [0.5, 0.6) is 0 Å². The summed E-state index contributed by atoms with van der Waals surface area (Å²) in [6.07, 6.45) is 0. The predicted molar refractivity (Wildman–Crippen MR) is 105 cm³/mol. The Hall–Kier alpha value is -1.92. The van der Waals surface area contributed by atoms with Gasteiger partial charge in [-0.05, 0) is 44.2 Å². The molecule has 4 nitrogen and oxygen atoms in total. The number of anilines is 1. The van der Waals surface area contributed by atoms with Gasteiger partial charge < -0.3 is 10.6 Å². The van der Waals surface area contributed by atoms with Crippen molar-refractivity contribution >= 4 is 41.0 Å². The van der Waals surface area contributed by atoms with Crippen molar-refractivity contribution < 1.29 is 9.59 Å². The highest BCUT2D eigenvalue weighted by atomic mass is 32.2. The zero-order valence-corrected chi connectivity index (χ0v) is 15.8. The van der Waals surface area contributed by atoms with E-state index in [1.807, 2.05) is 13.0 Å². The van der Waals surface area contributed by atoms with E-state index in [1.165, 1.54) is 22.2 Å². The van der Waals surface area contributed by atoms with Crippen molar-refractivity contribution in [3.05, 3.63) is 53.6 Å². The van der Waals surface area contributed by atoms with E-state index in [4.69, 9.17) is 0 Å². The topological polar surface area (TPSA) is 58.2 Å². The van der Waals surface area contributed by atoms with Gasteiger partial charge >= 0.3 is 0 Å². The first kappa shape index (κ1) is 17.9. The number of thioether (sulfide) groups is 2. The minimum Gasteiger partial charge on any atom is -0.351 e. The van der Waals surface area contributed by atoms with Gasteiger partial charge in [0.25, 0.3) is 5.91 Å². The summed E-state index contributed by atoms with van der Waals surface area (Å²) in [5.74, 6) is 0.666. The number of nitrogens with one attached hydrogen (secondary N) is 2. The highest BCUT2D eigenvalue weighted by Crippen LogP contribution is 2.35. The number of hydrogen-bond donors (Lipinski definition) is 2. The van der Waals surface area contributed by atoms with Gasteiger partial charge in [-0.15, -0.1) is 23.5 Å². The van der Waals surface area contributed by atoms with Crippen molar-refractivity contribution in [1.82, 2.24) is 5.32 Å². The molecule has 1 atom stereocenters. The summed E-state index contributed by atoms with van der Waals surface area (Å²) >= 11 is 3.23. The number of fused-ring (bicyclic) bond motifs is 1. The molecule has 0 saturated carbocycles. The molecule has 1 aliphatic rings. The molecular formula is C19H20N2O2S2. The summed E-state index contributed by atoms with van der Waals surface area (Å²) in [6, 6.07) is 13.8. The minimum atomic E-state index is -0.120. The van der Waals surface area contributed by atoms with E-state index < -0.39 is 0 Å². The molecule has 2 N–H and O–H groups in total. The lowest BCUT2D eigenvalue weighted by molar-refractivity contribution is -0.115. The maximum absolute atomic E-state index is 12.3. The zero-order chi connectivity index (χ0) is 17.8. The molecule has 2 aromatic carbocycles. The molecule has 25 heavy (non-hydrogen) atoms. The number of hydrogen-bond acceptors (Lipinski definition) is 4. The molecule has 1 aliphatic heterocycles. The Morgan fingerprint density at radius 1 is 1.24 bits per heavy atom. The van der Waals surface area contributed by atoms with E-state index in [0.29, 0.717) is 12.1 Å². The molecule has 0 aliphatic carbocycles. The predicted octanol–water partition coefficient (Wildman–Crippen LogP) is 3.95. The molecule has 0 aromatic heterocycles. The first-order chi connectivity index (χ1) is 12.0. The number of benzene rings is 2. The molecule has 0 saturated heterocycles. The molecule has 130 valence electrons. The van der Waals surface area contributed by atoms with Crippen molar-refractivity contribution in [3.63, 3.8) is 0 Å². The van der Waals surface area contributed by atoms with Gasteiger partial charge in [0, 0.05) is 27.7 Å². The van der Waals surface area contributed by atoms with E-state index in [1.54, 1.807) is 23.9 Å². The van der Waals surface area contributed by atoms with Gasteiger partial charge in [-0.3, -0.25) is 9.59 Å². The molecule has 1 heterocycles. The van der Waals surface area contributed by atoms with Gasteiger partial charge in [0.15, 0.2) is 0 Å². The van der Waals surface area contributed by atoms with Crippen LogP contribution in [0.15, 0.2) is 52.3 Å². The molecule has 0 bridgehead atoms. The summed E-state index contributed by atoms with van der Waals surface area (Å²) in [5.41, 5.74) is 2.52.